The second kappa shape index (κ2) is 3.93. The lowest BCUT2D eigenvalue weighted by molar-refractivity contribution is 0.321. The van der Waals surface area contributed by atoms with Crippen LogP contribution >= 0.6 is 22.9 Å². The van der Waals surface area contributed by atoms with E-state index in [9.17, 15) is 13.7 Å². The summed E-state index contributed by atoms with van der Waals surface area (Å²) in [5.74, 6) is 0. The summed E-state index contributed by atoms with van der Waals surface area (Å²) in [4.78, 5) is 17.2. The Labute approximate surface area is 74.7 Å². The van der Waals surface area contributed by atoms with Crippen molar-refractivity contribution in [1.29, 1.82) is 0 Å². The predicted molar refractivity (Wildman–Crippen MR) is 45.5 cm³/mol. The van der Waals surface area contributed by atoms with E-state index in [1.54, 1.807) is 0 Å². The third-order valence-electron chi connectivity index (χ3n) is 0.531. The number of hydrogen-bond donors (Lipinski definition) is 3. The van der Waals surface area contributed by atoms with E-state index in [-0.39, 0.29) is 0 Å². The van der Waals surface area contributed by atoms with Gasteiger partial charge in [0.1, 0.15) is 0 Å². The Morgan fingerprint density at radius 2 is 1.23 bits per heavy atom. The molecule has 0 aromatic carbocycles. The van der Waals surface area contributed by atoms with Gasteiger partial charge in [-0.3, -0.25) is 9.13 Å². The molecule has 0 amide bonds. The minimum Gasteiger partial charge on any atom is -0.324 e. The van der Waals surface area contributed by atoms with E-state index in [1.165, 1.54) is 0 Å². The SMILES string of the molecule is CP(=O)(O)OP(N)(=O)OP(C)(=O)O. The van der Waals surface area contributed by atoms with Crippen LogP contribution < -0.4 is 5.50 Å². The van der Waals surface area contributed by atoms with Crippen molar-refractivity contribution in [3.63, 3.8) is 0 Å². The lowest BCUT2D eigenvalue weighted by atomic mass is 12.0. The molecule has 0 bridgehead atoms. The molecule has 0 aromatic rings. The summed E-state index contributed by atoms with van der Waals surface area (Å²) in [6.45, 7) is 1.43. The van der Waals surface area contributed by atoms with E-state index >= 15 is 0 Å². The fourth-order valence-corrected chi connectivity index (χ4v) is 4.20. The second-order valence-corrected chi connectivity index (χ2v) is 7.91. The van der Waals surface area contributed by atoms with Gasteiger partial charge in [-0.1, -0.05) is 0 Å². The van der Waals surface area contributed by atoms with Crippen LogP contribution in [0, 0.1) is 0 Å². The standard InChI is InChI=1S/C2H10NO7P3/c1-11(4,5)9-13(3,8)10-12(2,6)7/h1-2H3,(H2,3,8)(H,4,5)(H,6,7). The van der Waals surface area contributed by atoms with Crippen LogP contribution in [0.1, 0.15) is 0 Å². The van der Waals surface area contributed by atoms with E-state index in [4.69, 9.17) is 15.3 Å². The van der Waals surface area contributed by atoms with Crippen LogP contribution in [-0.2, 0) is 22.3 Å². The van der Waals surface area contributed by atoms with Crippen molar-refractivity contribution in [1.82, 2.24) is 0 Å². The Kier molecular flexibility index (Phi) is 4.08. The molecule has 0 aliphatic heterocycles. The highest BCUT2D eigenvalue weighted by atomic mass is 31.3. The highest BCUT2D eigenvalue weighted by Crippen LogP contribution is 2.62. The molecular weight excluding hydrogens is 243 g/mol. The second-order valence-electron chi connectivity index (χ2n) is 2.31. The summed E-state index contributed by atoms with van der Waals surface area (Å²) in [6.07, 6.45) is 0. The average molecular weight is 253 g/mol. The Morgan fingerprint density at radius 3 is 1.38 bits per heavy atom. The van der Waals surface area contributed by atoms with Crippen LogP contribution in [0.4, 0.5) is 0 Å². The molecule has 0 aromatic heterocycles. The number of hydrogen-bond acceptors (Lipinski definition) is 5. The van der Waals surface area contributed by atoms with Crippen molar-refractivity contribution < 1.29 is 32.1 Å². The zero-order valence-corrected chi connectivity index (χ0v) is 9.54. The molecule has 0 fully saturated rings. The molecule has 0 rings (SSSR count). The van der Waals surface area contributed by atoms with Crippen molar-refractivity contribution in [2.45, 2.75) is 0 Å². The van der Waals surface area contributed by atoms with Crippen LogP contribution in [0.3, 0.4) is 0 Å². The van der Waals surface area contributed by atoms with Crippen molar-refractivity contribution in [3.8, 4) is 0 Å². The van der Waals surface area contributed by atoms with Crippen LogP contribution in [0.2, 0.25) is 0 Å². The maximum Gasteiger partial charge on any atom is 0.417 e. The summed E-state index contributed by atoms with van der Waals surface area (Å²) in [7, 11) is -12.7. The minimum atomic E-state index is -4.46. The van der Waals surface area contributed by atoms with Gasteiger partial charge >= 0.3 is 22.9 Å². The summed E-state index contributed by atoms with van der Waals surface area (Å²) >= 11 is 0. The Hall–Kier alpha value is 0.490. The van der Waals surface area contributed by atoms with E-state index in [0.29, 0.717) is 13.3 Å². The van der Waals surface area contributed by atoms with Crippen molar-refractivity contribution >= 4 is 22.9 Å². The summed E-state index contributed by atoms with van der Waals surface area (Å²) in [5.41, 5.74) is 4.74. The Morgan fingerprint density at radius 1 is 1.00 bits per heavy atom. The maximum absolute atomic E-state index is 10.9. The van der Waals surface area contributed by atoms with E-state index in [0.717, 1.165) is 0 Å². The highest BCUT2D eigenvalue weighted by Gasteiger charge is 2.33. The number of nitrogens with two attached hydrogens (primary N) is 1. The fraction of sp³-hybridized carbons (Fsp3) is 1.00. The van der Waals surface area contributed by atoms with Crippen LogP contribution in [0.25, 0.3) is 0 Å². The van der Waals surface area contributed by atoms with Gasteiger partial charge in [-0.2, -0.15) is 0 Å². The van der Waals surface area contributed by atoms with Crippen molar-refractivity contribution in [3.05, 3.63) is 0 Å². The molecule has 8 nitrogen and oxygen atoms in total. The van der Waals surface area contributed by atoms with Gasteiger partial charge in [0.05, 0.1) is 0 Å². The first kappa shape index (κ1) is 13.5. The van der Waals surface area contributed by atoms with Gasteiger partial charge < -0.3 is 9.79 Å². The highest BCUT2D eigenvalue weighted by molar-refractivity contribution is 7.70. The molecule has 2 atom stereocenters. The van der Waals surface area contributed by atoms with Crippen LogP contribution in [0.15, 0.2) is 0 Å². The predicted octanol–water partition coefficient (Wildman–Crippen LogP) is 0.717. The lowest BCUT2D eigenvalue weighted by Gasteiger charge is -2.15. The van der Waals surface area contributed by atoms with Crippen LogP contribution in [0.5, 0.6) is 0 Å². The maximum atomic E-state index is 10.9. The van der Waals surface area contributed by atoms with Gasteiger partial charge in [0.25, 0.3) is 0 Å². The molecule has 2 unspecified atom stereocenters. The van der Waals surface area contributed by atoms with Crippen LogP contribution in [-0.4, -0.2) is 23.1 Å². The normalized spacial score (nSPS) is 25.6. The van der Waals surface area contributed by atoms with Gasteiger partial charge in [0.2, 0.25) is 0 Å². The number of rotatable bonds is 4. The monoisotopic (exact) mass is 253 g/mol. The molecule has 0 spiro atoms. The summed E-state index contributed by atoms with van der Waals surface area (Å²) in [6, 6.07) is 0. The summed E-state index contributed by atoms with van der Waals surface area (Å²) in [5, 5.41) is 0. The Bertz CT molecular complexity index is 284. The van der Waals surface area contributed by atoms with E-state index in [2.05, 4.69) is 8.62 Å². The quantitative estimate of drug-likeness (QED) is 0.623. The topological polar surface area (TPSA) is 136 Å². The average Bonchev–Trinajstić information content (AvgIpc) is 1.43. The van der Waals surface area contributed by atoms with Gasteiger partial charge in [-0.05, 0) is 0 Å². The van der Waals surface area contributed by atoms with E-state index < -0.39 is 22.9 Å². The largest absolute Gasteiger partial charge is 0.417 e. The first-order valence-electron chi connectivity index (χ1n) is 2.83. The Balaban J connectivity index is 4.54. The molecule has 4 N–H and O–H groups in total. The summed E-state index contributed by atoms with van der Waals surface area (Å²) < 4.78 is 39.8. The molecular formula is C2H10NO7P3. The molecule has 0 saturated heterocycles. The zero-order valence-electron chi connectivity index (χ0n) is 6.85. The molecule has 0 aliphatic carbocycles. The lowest BCUT2D eigenvalue weighted by Crippen LogP contribution is -2.00. The third kappa shape index (κ3) is 8.81. The van der Waals surface area contributed by atoms with Crippen molar-refractivity contribution in [2.24, 2.45) is 5.50 Å². The third-order valence-corrected chi connectivity index (χ3v) is 4.78. The molecule has 13 heavy (non-hydrogen) atoms. The first-order valence-corrected chi connectivity index (χ1v) is 8.49. The molecule has 0 heterocycles. The van der Waals surface area contributed by atoms with Gasteiger partial charge in [-0.25, -0.2) is 18.7 Å². The zero-order chi connectivity index (χ0) is 10.9. The molecule has 0 radical (unpaired) electrons. The van der Waals surface area contributed by atoms with Crippen molar-refractivity contribution in [2.75, 3.05) is 13.3 Å². The molecule has 0 saturated carbocycles. The van der Waals surface area contributed by atoms with Gasteiger partial charge in [0, 0.05) is 13.3 Å². The molecule has 80 valence electrons. The first-order chi connectivity index (χ1) is 5.41. The smallest absolute Gasteiger partial charge is 0.324 e. The molecule has 0 aliphatic rings. The minimum absolute atomic E-state index is 0.716. The van der Waals surface area contributed by atoms with Gasteiger partial charge in [-0.15, -0.1) is 0 Å². The van der Waals surface area contributed by atoms with E-state index in [1.807, 2.05) is 0 Å². The fourth-order valence-electron chi connectivity index (χ4n) is 0.437. The van der Waals surface area contributed by atoms with Gasteiger partial charge in [0.15, 0.2) is 0 Å². The molecule has 11 heteroatoms.